The van der Waals surface area contributed by atoms with E-state index < -0.39 is 0 Å². The lowest BCUT2D eigenvalue weighted by atomic mass is 10.2. The minimum Gasteiger partial charge on any atom is -0.379 e. The quantitative estimate of drug-likeness (QED) is 0.298. The second-order valence-corrected chi connectivity index (χ2v) is 7.13. The highest BCUT2D eigenvalue weighted by molar-refractivity contribution is 14.0. The number of carbonyl (C=O) groups excluding carboxylic acids is 1. The largest absolute Gasteiger partial charge is 0.379 e. The van der Waals surface area contributed by atoms with Gasteiger partial charge < -0.3 is 20.3 Å². The van der Waals surface area contributed by atoms with Crippen LogP contribution in [0.15, 0.2) is 35.3 Å². The van der Waals surface area contributed by atoms with Crippen molar-refractivity contribution in [2.45, 2.75) is 32.9 Å². The molecule has 1 aliphatic rings. The van der Waals surface area contributed by atoms with Gasteiger partial charge in [-0.25, -0.2) is 0 Å². The van der Waals surface area contributed by atoms with Crippen LogP contribution in [0.1, 0.15) is 25.8 Å². The van der Waals surface area contributed by atoms with E-state index in [1.54, 1.807) is 4.90 Å². The van der Waals surface area contributed by atoms with Gasteiger partial charge in [-0.05, 0) is 19.4 Å². The number of amides is 1. The molecule has 8 heteroatoms. The Morgan fingerprint density at radius 1 is 1.24 bits per heavy atom. The van der Waals surface area contributed by atoms with Gasteiger partial charge in [-0.1, -0.05) is 30.3 Å². The minimum atomic E-state index is 0. The lowest BCUT2D eigenvalue weighted by Crippen LogP contribution is -2.44. The zero-order chi connectivity index (χ0) is 20.2. The molecule has 1 aliphatic heterocycles. The third-order valence-electron chi connectivity index (χ3n) is 4.85. The number of nitrogens with zero attached hydrogens (tertiary/aromatic N) is 3. The van der Waals surface area contributed by atoms with Crippen LogP contribution in [0.2, 0.25) is 0 Å². The molecule has 0 spiro atoms. The average molecular weight is 517 g/mol. The fraction of sp³-hybridized carbons (Fsp3) is 0.619. The van der Waals surface area contributed by atoms with Crippen LogP contribution in [0.3, 0.4) is 0 Å². The molecule has 0 aliphatic carbocycles. The first-order valence-corrected chi connectivity index (χ1v) is 10.2. The fourth-order valence-electron chi connectivity index (χ4n) is 3.12. The number of halogens is 1. The Morgan fingerprint density at radius 3 is 2.59 bits per heavy atom. The third kappa shape index (κ3) is 9.77. The van der Waals surface area contributed by atoms with Crippen molar-refractivity contribution < 1.29 is 9.53 Å². The van der Waals surface area contributed by atoms with Crippen molar-refractivity contribution in [1.29, 1.82) is 0 Å². The van der Waals surface area contributed by atoms with E-state index in [2.05, 4.69) is 27.4 Å². The van der Waals surface area contributed by atoms with Crippen LogP contribution in [0.5, 0.6) is 0 Å². The lowest BCUT2D eigenvalue weighted by Gasteiger charge is -2.31. The number of morpholine rings is 1. The zero-order valence-corrected chi connectivity index (χ0v) is 20.2. The van der Waals surface area contributed by atoms with E-state index in [9.17, 15) is 4.79 Å². The number of guanidine groups is 1. The molecular formula is C21H36IN5O2. The molecular weight excluding hydrogens is 481 g/mol. The summed E-state index contributed by atoms with van der Waals surface area (Å²) in [4.78, 5) is 21.2. The predicted octanol–water partition coefficient (Wildman–Crippen LogP) is 1.93. The summed E-state index contributed by atoms with van der Waals surface area (Å²) in [5.41, 5.74) is 1.14. The molecule has 29 heavy (non-hydrogen) atoms. The van der Waals surface area contributed by atoms with E-state index in [1.165, 1.54) is 0 Å². The number of ether oxygens (including phenoxy) is 1. The molecule has 1 atom stereocenters. The molecule has 164 valence electrons. The van der Waals surface area contributed by atoms with Crippen LogP contribution in [0.25, 0.3) is 0 Å². The van der Waals surface area contributed by atoms with E-state index >= 15 is 0 Å². The van der Waals surface area contributed by atoms with Gasteiger partial charge in [0.15, 0.2) is 5.96 Å². The molecule has 1 amide bonds. The summed E-state index contributed by atoms with van der Waals surface area (Å²) in [5.74, 6) is 0.884. The zero-order valence-electron chi connectivity index (χ0n) is 17.9. The molecule has 7 nitrogen and oxygen atoms in total. The van der Waals surface area contributed by atoms with E-state index in [4.69, 9.17) is 4.74 Å². The van der Waals surface area contributed by atoms with Crippen molar-refractivity contribution in [2.75, 3.05) is 53.0 Å². The maximum Gasteiger partial charge on any atom is 0.224 e. The second kappa shape index (κ2) is 14.6. The molecule has 1 heterocycles. The molecule has 1 saturated heterocycles. The number of aliphatic imine (C=N–C) groups is 1. The Morgan fingerprint density at radius 2 is 1.93 bits per heavy atom. The maximum atomic E-state index is 12.4. The Labute approximate surface area is 192 Å². The predicted molar refractivity (Wildman–Crippen MR) is 129 cm³/mol. The van der Waals surface area contributed by atoms with Crippen molar-refractivity contribution in [3.63, 3.8) is 0 Å². The number of rotatable bonds is 9. The Hall–Kier alpha value is -1.39. The first-order chi connectivity index (χ1) is 13.6. The lowest BCUT2D eigenvalue weighted by molar-refractivity contribution is -0.130. The number of hydrogen-bond donors (Lipinski definition) is 2. The molecule has 1 aromatic rings. The van der Waals surface area contributed by atoms with Crippen LogP contribution in [0.4, 0.5) is 0 Å². The van der Waals surface area contributed by atoms with Crippen LogP contribution in [-0.4, -0.2) is 80.7 Å². The topological polar surface area (TPSA) is 69.2 Å². The molecule has 0 aromatic heterocycles. The van der Waals surface area contributed by atoms with Gasteiger partial charge in [-0.2, -0.15) is 0 Å². The van der Waals surface area contributed by atoms with Crippen LogP contribution in [0, 0.1) is 0 Å². The molecule has 0 bridgehead atoms. The highest BCUT2D eigenvalue weighted by atomic mass is 127. The summed E-state index contributed by atoms with van der Waals surface area (Å²) in [6.07, 6.45) is 0.437. The molecule has 2 rings (SSSR count). The van der Waals surface area contributed by atoms with Gasteiger partial charge in [0, 0.05) is 52.2 Å². The van der Waals surface area contributed by atoms with Crippen molar-refractivity contribution >= 4 is 35.8 Å². The van der Waals surface area contributed by atoms with Crippen molar-refractivity contribution in [1.82, 2.24) is 20.4 Å². The van der Waals surface area contributed by atoms with Gasteiger partial charge in [0.25, 0.3) is 0 Å². The van der Waals surface area contributed by atoms with Gasteiger partial charge in [-0.3, -0.25) is 14.7 Å². The highest BCUT2D eigenvalue weighted by Crippen LogP contribution is 2.05. The summed E-state index contributed by atoms with van der Waals surface area (Å²) in [5, 5.41) is 6.53. The highest BCUT2D eigenvalue weighted by Gasteiger charge is 2.16. The molecule has 1 unspecified atom stereocenters. The number of nitrogens with one attached hydrogen (secondary N) is 2. The van der Waals surface area contributed by atoms with E-state index in [-0.39, 0.29) is 29.9 Å². The number of carbonyl (C=O) groups is 1. The SMILES string of the molecule is CCNC(=NCC(C)N1CCOCC1)NCCC(=O)N(C)Cc1ccccc1.I. The maximum absolute atomic E-state index is 12.4. The van der Waals surface area contributed by atoms with Crippen LogP contribution < -0.4 is 10.6 Å². The Bertz CT molecular complexity index is 608. The Balaban J connectivity index is 0.00000420. The molecule has 1 aromatic carbocycles. The molecule has 1 fully saturated rings. The normalized spacial score (nSPS) is 15.9. The van der Waals surface area contributed by atoms with E-state index in [0.717, 1.165) is 50.9 Å². The summed E-state index contributed by atoms with van der Waals surface area (Å²) in [6, 6.07) is 10.4. The molecule has 2 N–H and O–H groups in total. The van der Waals surface area contributed by atoms with Gasteiger partial charge in [0.05, 0.1) is 19.8 Å². The number of benzene rings is 1. The molecule has 0 saturated carbocycles. The summed E-state index contributed by atoms with van der Waals surface area (Å²) in [6.45, 7) is 10.5. The number of hydrogen-bond acceptors (Lipinski definition) is 4. The van der Waals surface area contributed by atoms with E-state index in [0.29, 0.717) is 25.6 Å². The van der Waals surface area contributed by atoms with E-state index in [1.807, 2.05) is 44.3 Å². The Kier molecular flexibility index (Phi) is 12.9. The van der Waals surface area contributed by atoms with Gasteiger partial charge in [0.2, 0.25) is 5.91 Å². The average Bonchev–Trinajstić information content (AvgIpc) is 2.73. The summed E-state index contributed by atoms with van der Waals surface area (Å²) < 4.78 is 5.41. The first kappa shape index (κ1) is 25.6. The van der Waals surface area contributed by atoms with Crippen molar-refractivity contribution in [3.8, 4) is 0 Å². The van der Waals surface area contributed by atoms with Gasteiger partial charge >= 0.3 is 0 Å². The first-order valence-electron chi connectivity index (χ1n) is 10.2. The second-order valence-electron chi connectivity index (χ2n) is 7.13. The minimum absolute atomic E-state index is 0. The van der Waals surface area contributed by atoms with Crippen LogP contribution in [-0.2, 0) is 16.1 Å². The van der Waals surface area contributed by atoms with Crippen molar-refractivity contribution in [3.05, 3.63) is 35.9 Å². The standard InChI is InChI=1S/C21H35N5O2.HI/c1-4-22-21(24-16-18(2)26-12-14-28-15-13-26)23-11-10-20(27)25(3)17-19-8-6-5-7-9-19;/h5-9,18H,4,10-17H2,1-3H3,(H2,22,23,24);1H. The smallest absolute Gasteiger partial charge is 0.224 e. The van der Waals surface area contributed by atoms with Gasteiger partial charge in [-0.15, -0.1) is 24.0 Å². The fourth-order valence-corrected chi connectivity index (χ4v) is 3.12. The summed E-state index contributed by atoms with van der Waals surface area (Å²) in [7, 11) is 1.85. The van der Waals surface area contributed by atoms with Crippen molar-refractivity contribution in [2.24, 2.45) is 4.99 Å². The molecule has 0 radical (unpaired) electrons. The monoisotopic (exact) mass is 517 g/mol. The van der Waals surface area contributed by atoms with Crippen LogP contribution >= 0.6 is 24.0 Å². The summed E-state index contributed by atoms with van der Waals surface area (Å²) >= 11 is 0. The third-order valence-corrected chi connectivity index (χ3v) is 4.85. The van der Waals surface area contributed by atoms with Gasteiger partial charge in [0.1, 0.15) is 0 Å².